The van der Waals surface area contributed by atoms with Gasteiger partial charge in [0, 0.05) is 22.6 Å². The van der Waals surface area contributed by atoms with Gasteiger partial charge in [-0.3, -0.25) is 4.79 Å². The second-order valence-electron chi connectivity index (χ2n) is 7.87. The normalized spacial score (nSPS) is 12.6. The van der Waals surface area contributed by atoms with Gasteiger partial charge in [-0.15, -0.1) is 0 Å². The van der Waals surface area contributed by atoms with Crippen LogP contribution < -0.4 is 5.32 Å². The van der Waals surface area contributed by atoms with Crippen molar-refractivity contribution in [3.05, 3.63) is 101 Å². The molecule has 3 aromatic carbocycles. The lowest BCUT2D eigenvalue weighted by Gasteiger charge is -2.14. The summed E-state index contributed by atoms with van der Waals surface area (Å²) < 4.78 is 1.90. The SMILES string of the molecule is Cc1ccc(-n2nc3c(c2NC(=O)c2ccc(-c4ccccc4)cc2)CSC3)c(C)c1. The average molecular weight is 426 g/mol. The van der Waals surface area contributed by atoms with E-state index in [2.05, 4.69) is 49.5 Å². The van der Waals surface area contributed by atoms with Gasteiger partial charge in [-0.1, -0.05) is 60.2 Å². The van der Waals surface area contributed by atoms with E-state index in [1.165, 1.54) is 5.56 Å². The quantitative estimate of drug-likeness (QED) is 0.426. The third-order valence-electron chi connectivity index (χ3n) is 5.62. The minimum atomic E-state index is -0.120. The van der Waals surface area contributed by atoms with Crippen LogP contribution in [0.1, 0.15) is 32.7 Å². The van der Waals surface area contributed by atoms with Gasteiger partial charge in [-0.25, -0.2) is 4.68 Å². The molecule has 1 aliphatic heterocycles. The first-order chi connectivity index (χ1) is 15.1. The van der Waals surface area contributed by atoms with E-state index in [9.17, 15) is 4.79 Å². The van der Waals surface area contributed by atoms with Crippen molar-refractivity contribution in [3.63, 3.8) is 0 Å². The van der Waals surface area contributed by atoms with Crippen LogP contribution in [0.4, 0.5) is 5.82 Å². The van der Waals surface area contributed by atoms with Crippen LogP contribution in [0.3, 0.4) is 0 Å². The zero-order valence-electron chi connectivity index (χ0n) is 17.6. The molecule has 5 rings (SSSR count). The molecule has 31 heavy (non-hydrogen) atoms. The molecule has 5 heteroatoms. The summed E-state index contributed by atoms with van der Waals surface area (Å²) in [6.07, 6.45) is 0. The fourth-order valence-electron chi connectivity index (χ4n) is 3.98. The van der Waals surface area contributed by atoms with E-state index in [0.717, 1.165) is 51.0 Å². The summed E-state index contributed by atoms with van der Waals surface area (Å²) in [5.41, 5.74) is 8.38. The van der Waals surface area contributed by atoms with E-state index in [4.69, 9.17) is 5.10 Å². The number of nitrogens with one attached hydrogen (secondary N) is 1. The maximum atomic E-state index is 13.1. The number of aryl methyl sites for hydroxylation is 2. The minimum absolute atomic E-state index is 0.120. The number of fused-ring (bicyclic) bond motifs is 1. The lowest BCUT2D eigenvalue weighted by atomic mass is 10.0. The van der Waals surface area contributed by atoms with Crippen LogP contribution in [0.5, 0.6) is 0 Å². The first-order valence-corrected chi connectivity index (χ1v) is 11.5. The number of benzene rings is 3. The minimum Gasteiger partial charge on any atom is -0.306 e. The van der Waals surface area contributed by atoms with Crippen LogP contribution >= 0.6 is 11.8 Å². The molecule has 1 aromatic heterocycles. The van der Waals surface area contributed by atoms with E-state index in [0.29, 0.717) is 5.56 Å². The van der Waals surface area contributed by atoms with Gasteiger partial charge < -0.3 is 5.32 Å². The van der Waals surface area contributed by atoms with E-state index >= 15 is 0 Å². The molecule has 0 spiro atoms. The Hall–Kier alpha value is -3.31. The van der Waals surface area contributed by atoms with E-state index in [1.54, 1.807) is 0 Å². The third kappa shape index (κ3) is 3.77. The third-order valence-corrected chi connectivity index (χ3v) is 6.59. The summed E-state index contributed by atoms with van der Waals surface area (Å²) in [6, 6.07) is 24.2. The second kappa shape index (κ2) is 8.08. The number of hydrogen-bond donors (Lipinski definition) is 1. The Morgan fingerprint density at radius 1 is 0.935 bits per heavy atom. The van der Waals surface area contributed by atoms with Crippen molar-refractivity contribution in [1.29, 1.82) is 0 Å². The molecule has 0 aliphatic carbocycles. The summed E-state index contributed by atoms with van der Waals surface area (Å²) >= 11 is 1.83. The predicted molar refractivity (Wildman–Crippen MR) is 128 cm³/mol. The van der Waals surface area contributed by atoms with Gasteiger partial charge in [-0.2, -0.15) is 16.9 Å². The van der Waals surface area contributed by atoms with Crippen LogP contribution in [-0.2, 0) is 11.5 Å². The molecule has 0 unspecified atom stereocenters. The molecule has 0 fully saturated rings. The lowest BCUT2D eigenvalue weighted by molar-refractivity contribution is 0.102. The predicted octanol–water partition coefficient (Wildman–Crippen LogP) is 6.16. The van der Waals surface area contributed by atoms with Crippen LogP contribution in [0, 0.1) is 13.8 Å². The zero-order valence-corrected chi connectivity index (χ0v) is 18.4. The van der Waals surface area contributed by atoms with Crippen molar-refractivity contribution in [3.8, 4) is 16.8 Å². The average Bonchev–Trinajstić information content (AvgIpc) is 3.37. The summed E-state index contributed by atoms with van der Waals surface area (Å²) in [7, 11) is 0. The number of nitrogens with zero attached hydrogens (tertiary/aromatic N) is 2. The highest BCUT2D eigenvalue weighted by atomic mass is 32.2. The molecule has 1 amide bonds. The number of carbonyl (C=O) groups excluding carboxylic acids is 1. The molecule has 4 nitrogen and oxygen atoms in total. The number of aromatic nitrogens is 2. The Kier molecular flexibility index (Phi) is 5.12. The zero-order chi connectivity index (χ0) is 21.4. The molecule has 0 saturated carbocycles. The Morgan fingerprint density at radius 2 is 1.68 bits per heavy atom. The van der Waals surface area contributed by atoms with Gasteiger partial charge in [0.1, 0.15) is 5.82 Å². The van der Waals surface area contributed by atoms with Crippen molar-refractivity contribution in [2.75, 3.05) is 5.32 Å². The Balaban J connectivity index is 1.46. The van der Waals surface area contributed by atoms with Gasteiger partial charge in [0.05, 0.1) is 11.4 Å². The van der Waals surface area contributed by atoms with Gasteiger partial charge in [0.15, 0.2) is 0 Å². The first-order valence-electron chi connectivity index (χ1n) is 10.3. The topological polar surface area (TPSA) is 46.9 Å². The van der Waals surface area contributed by atoms with Crippen LogP contribution in [-0.4, -0.2) is 15.7 Å². The van der Waals surface area contributed by atoms with Gasteiger partial charge in [-0.05, 0) is 48.7 Å². The Bertz CT molecular complexity index is 1260. The van der Waals surface area contributed by atoms with Crippen molar-refractivity contribution >= 4 is 23.5 Å². The fourth-order valence-corrected chi connectivity index (χ4v) is 5.02. The molecule has 0 atom stereocenters. The molecule has 154 valence electrons. The number of carbonyl (C=O) groups is 1. The molecule has 4 aromatic rings. The largest absolute Gasteiger partial charge is 0.306 e. The van der Waals surface area contributed by atoms with Gasteiger partial charge in [0.2, 0.25) is 0 Å². The molecular formula is C26H23N3OS. The van der Waals surface area contributed by atoms with Gasteiger partial charge >= 0.3 is 0 Å². The Labute approximate surface area is 186 Å². The smallest absolute Gasteiger partial charge is 0.256 e. The standard InChI is InChI=1S/C26H23N3OS/c1-17-8-13-24(18(2)14-17)29-25(22-15-31-16-23(22)28-29)27-26(30)21-11-9-20(10-12-21)19-6-4-3-5-7-19/h3-14H,15-16H2,1-2H3,(H,27,30). The molecule has 1 N–H and O–H groups in total. The monoisotopic (exact) mass is 425 g/mol. The van der Waals surface area contributed by atoms with Crippen molar-refractivity contribution < 1.29 is 4.79 Å². The number of thioether (sulfide) groups is 1. The maximum Gasteiger partial charge on any atom is 0.256 e. The summed E-state index contributed by atoms with van der Waals surface area (Å²) in [5, 5.41) is 7.99. The van der Waals surface area contributed by atoms with Crippen LogP contribution in [0.15, 0.2) is 72.8 Å². The molecule has 2 heterocycles. The van der Waals surface area contributed by atoms with Crippen LogP contribution in [0.25, 0.3) is 16.8 Å². The second-order valence-corrected chi connectivity index (χ2v) is 8.85. The summed E-state index contributed by atoms with van der Waals surface area (Å²) in [4.78, 5) is 13.1. The van der Waals surface area contributed by atoms with Crippen LogP contribution in [0.2, 0.25) is 0 Å². The highest BCUT2D eigenvalue weighted by molar-refractivity contribution is 7.98. The van der Waals surface area contributed by atoms with Crippen molar-refractivity contribution in [1.82, 2.24) is 9.78 Å². The number of rotatable bonds is 4. The number of amides is 1. The molecule has 0 saturated heterocycles. The number of hydrogen-bond acceptors (Lipinski definition) is 3. The van der Waals surface area contributed by atoms with Crippen molar-refractivity contribution in [2.45, 2.75) is 25.4 Å². The fraction of sp³-hybridized carbons (Fsp3) is 0.154. The summed E-state index contributed by atoms with van der Waals surface area (Å²) in [6.45, 7) is 4.16. The van der Waals surface area contributed by atoms with E-state index < -0.39 is 0 Å². The maximum absolute atomic E-state index is 13.1. The highest BCUT2D eigenvalue weighted by Gasteiger charge is 2.25. The van der Waals surface area contributed by atoms with E-state index in [-0.39, 0.29) is 5.91 Å². The van der Waals surface area contributed by atoms with E-state index in [1.807, 2.05) is 58.9 Å². The molecule has 0 bridgehead atoms. The Morgan fingerprint density at radius 3 is 2.42 bits per heavy atom. The lowest BCUT2D eigenvalue weighted by Crippen LogP contribution is -2.16. The first kappa shape index (κ1) is 19.6. The molecule has 1 aliphatic rings. The molecular weight excluding hydrogens is 402 g/mol. The van der Waals surface area contributed by atoms with Crippen molar-refractivity contribution in [2.24, 2.45) is 0 Å². The number of anilines is 1. The molecule has 0 radical (unpaired) electrons. The highest BCUT2D eigenvalue weighted by Crippen LogP contribution is 2.37. The summed E-state index contributed by atoms with van der Waals surface area (Å²) in [5.74, 6) is 2.40. The van der Waals surface area contributed by atoms with Gasteiger partial charge in [0.25, 0.3) is 5.91 Å².